The number of rotatable bonds is 11. The molecule has 15 heteroatoms. The van der Waals surface area contributed by atoms with Crippen LogP contribution in [0.4, 0.5) is 0 Å². The first-order valence-corrected chi connectivity index (χ1v) is 15.3. The van der Waals surface area contributed by atoms with Gasteiger partial charge in [-0.2, -0.15) is 14.1 Å². The van der Waals surface area contributed by atoms with Crippen molar-refractivity contribution >= 4 is 21.1 Å². The summed E-state index contributed by atoms with van der Waals surface area (Å²) in [6, 6.07) is 3.16. The molecule has 0 spiro atoms. The first-order chi connectivity index (χ1) is 20.3. The van der Waals surface area contributed by atoms with Gasteiger partial charge in [0.1, 0.15) is 22.8 Å². The summed E-state index contributed by atoms with van der Waals surface area (Å²) < 4.78 is 42.6. The minimum absolute atomic E-state index is 0.00181. The zero-order chi connectivity index (χ0) is 29.9. The van der Waals surface area contributed by atoms with Crippen LogP contribution in [0.15, 0.2) is 40.4 Å². The molecular formula is C27H35N9O5S. The van der Waals surface area contributed by atoms with E-state index < -0.39 is 15.6 Å². The van der Waals surface area contributed by atoms with Gasteiger partial charge in [-0.3, -0.25) is 9.36 Å². The summed E-state index contributed by atoms with van der Waals surface area (Å²) in [4.78, 5) is 33.9. The maximum atomic E-state index is 13.9. The molecular weight excluding hydrogens is 562 g/mol. The highest BCUT2D eigenvalue weighted by atomic mass is 32.2. The lowest BCUT2D eigenvalue weighted by Crippen LogP contribution is -2.48. The molecule has 0 bridgehead atoms. The highest BCUT2D eigenvalue weighted by Crippen LogP contribution is 2.31. The summed E-state index contributed by atoms with van der Waals surface area (Å²) in [7, 11) is -0.748. The molecule has 0 saturated carbocycles. The van der Waals surface area contributed by atoms with Crippen LogP contribution >= 0.6 is 0 Å². The smallest absolute Gasteiger partial charge is 0.280 e. The zero-order valence-corrected chi connectivity index (χ0v) is 25.0. The second-order valence-electron chi connectivity index (χ2n) is 9.86. The quantitative estimate of drug-likeness (QED) is 0.230. The average molecular weight is 598 g/mol. The van der Waals surface area contributed by atoms with Gasteiger partial charge in [0.2, 0.25) is 15.9 Å². The van der Waals surface area contributed by atoms with E-state index in [9.17, 15) is 13.2 Å². The molecule has 5 rings (SSSR count). The lowest BCUT2D eigenvalue weighted by Gasteiger charge is -2.33. The minimum Gasteiger partial charge on any atom is -0.475 e. The molecule has 1 saturated heterocycles. The van der Waals surface area contributed by atoms with Gasteiger partial charge in [-0.25, -0.2) is 28.4 Å². The van der Waals surface area contributed by atoms with Crippen LogP contribution in [0.3, 0.4) is 0 Å². The molecule has 0 amide bonds. The summed E-state index contributed by atoms with van der Waals surface area (Å²) in [5.74, 6) is 0.587. The van der Waals surface area contributed by atoms with Crippen molar-refractivity contribution in [1.82, 2.24) is 43.5 Å². The van der Waals surface area contributed by atoms with E-state index in [1.807, 2.05) is 6.92 Å². The Kier molecular flexibility index (Phi) is 8.91. The Hall–Kier alpha value is -3.79. The van der Waals surface area contributed by atoms with Gasteiger partial charge >= 0.3 is 0 Å². The first kappa shape index (κ1) is 29.7. The fourth-order valence-corrected chi connectivity index (χ4v) is 6.29. The van der Waals surface area contributed by atoms with Crippen LogP contribution in [0.5, 0.6) is 5.88 Å². The molecule has 0 atom stereocenters. The number of hydrogen-bond donors (Lipinski definition) is 0. The number of fused-ring (bicyclic) bond motifs is 1. The normalized spacial score (nSPS) is 15.0. The predicted molar refractivity (Wildman–Crippen MR) is 155 cm³/mol. The fourth-order valence-electron chi connectivity index (χ4n) is 4.90. The summed E-state index contributed by atoms with van der Waals surface area (Å²) in [5, 5.41) is 4.65. The van der Waals surface area contributed by atoms with E-state index in [2.05, 4.69) is 31.9 Å². The number of sulfonamides is 1. The van der Waals surface area contributed by atoms with E-state index >= 15 is 0 Å². The first-order valence-electron chi connectivity index (χ1n) is 13.9. The Balaban J connectivity index is 1.67. The third-order valence-corrected chi connectivity index (χ3v) is 9.07. The summed E-state index contributed by atoms with van der Waals surface area (Å²) in [6.45, 7) is 7.43. The number of piperazine rings is 1. The molecule has 0 aliphatic carbocycles. The Morgan fingerprint density at radius 2 is 1.76 bits per heavy atom. The molecule has 0 radical (unpaired) electrons. The fraction of sp³-hybridized carbons (Fsp3) is 0.481. The Labute approximate surface area is 244 Å². The van der Waals surface area contributed by atoms with Gasteiger partial charge < -0.3 is 14.4 Å². The van der Waals surface area contributed by atoms with Crippen molar-refractivity contribution in [3.63, 3.8) is 0 Å². The SMILES string of the molecule is CCCc1nn(-c2ncccn2)c2c(=O)n(C)c(-c3cc(S(=O)(=O)N4CCN(CC)CC4)cnc3OCCOC)nc12. The third kappa shape index (κ3) is 5.64. The number of aromatic nitrogens is 7. The topological polar surface area (TPSA) is 150 Å². The molecule has 42 heavy (non-hydrogen) atoms. The van der Waals surface area contributed by atoms with Gasteiger partial charge in [0.05, 0.1) is 24.1 Å². The van der Waals surface area contributed by atoms with Crippen LogP contribution in [0.1, 0.15) is 26.0 Å². The van der Waals surface area contributed by atoms with Crippen LogP contribution in [0.25, 0.3) is 28.4 Å². The van der Waals surface area contributed by atoms with E-state index in [1.54, 1.807) is 32.6 Å². The van der Waals surface area contributed by atoms with Crippen LogP contribution in [-0.4, -0.2) is 105 Å². The number of hydrogen-bond acceptors (Lipinski definition) is 11. The summed E-state index contributed by atoms with van der Waals surface area (Å²) in [6.07, 6.45) is 5.76. The molecule has 1 fully saturated rings. The molecule has 14 nitrogen and oxygen atoms in total. The van der Waals surface area contributed by atoms with Crippen molar-refractivity contribution in [1.29, 1.82) is 0 Å². The van der Waals surface area contributed by atoms with Crippen LogP contribution in [0, 0.1) is 0 Å². The highest BCUT2D eigenvalue weighted by molar-refractivity contribution is 7.89. The molecule has 0 aromatic carbocycles. The number of methoxy groups -OCH3 is 1. The molecule has 4 aromatic heterocycles. The number of aryl methyl sites for hydroxylation is 1. The van der Waals surface area contributed by atoms with Crippen molar-refractivity contribution in [2.45, 2.75) is 31.6 Å². The van der Waals surface area contributed by atoms with E-state index in [1.165, 1.54) is 25.8 Å². The molecule has 0 N–H and O–H groups in total. The lowest BCUT2D eigenvalue weighted by atomic mass is 10.2. The Morgan fingerprint density at radius 3 is 2.43 bits per heavy atom. The number of pyridine rings is 1. The largest absolute Gasteiger partial charge is 0.475 e. The van der Waals surface area contributed by atoms with Gasteiger partial charge in [0, 0.05) is 52.7 Å². The van der Waals surface area contributed by atoms with E-state index in [0.717, 1.165) is 13.0 Å². The zero-order valence-electron chi connectivity index (χ0n) is 24.2. The summed E-state index contributed by atoms with van der Waals surface area (Å²) >= 11 is 0. The van der Waals surface area contributed by atoms with Gasteiger partial charge in [0.15, 0.2) is 5.52 Å². The standard InChI is InChI=1S/C27H35N9O5S/c1-5-8-21-22-23(36(32-21)27-28-9-7-10-29-27)26(37)33(3)24(31-22)20-17-19(18-30-25(20)41-16-15-40-4)42(38,39)35-13-11-34(6-2)12-14-35/h7,9-10,17-18H,5-6,8,11-16H2,1-4H3. The van der Waals surface area contributed by atoms with Crippen molar-refractivity contribution in [3.8, 4) is 23.2 Å². The molecule has 4 aromatic rings. The average Bonchev–Trinajstić information content (AvgIpc) is 3.38. The van der Waals surface area contributed by atoms with E-state index in [0.29, 0.717) is 50.4 Å². The monoisotopic (exact) mass is 597 g/mol. The maximum absolute atomic E-state index is 13.9. The van der Waals surface area contributed by atoms with Crippen LogP contribution < -0.4 is 10.3 Å². The van der Waals surface area contributed by atoms with Gasteiger partial charge in [-0.15, -0.1) is 0 Å². The molecule has 5 heterocycles. The number of ether oxygens (including phenoxy) is 2. The molecule has 0 unspecified atom stereocenters. The minimum atomic E-state index is -3.86. The Morgan fingerprint density at radius 1 is 1.02 bits per heavy atom. The van der Waals surface area contributed by atoms with Crippen molar-refractivity contribution in [2.75, 3.05) is 53.0 Å². The molecule has 1 aliphatic heterocycles. The van der Waals surface area contributed by atoms with Crippen LogP contribution in [0.2, 0.25) is 0 Å². The maximum Gasteiger partial charge on any atom is 0.280 e. The van der Waals surface area contributed by atoms with Gasteiger partial charge in [-0.05, 0) is 25.1 Å². The third-order valence-electron chi connectivity index (χ3n) is 7.21. The van der Waals surface area contributed by atoms with E-state index in [-0.39, 0.29) is 40.2 Å². The lowest BCUT2D eigenvalue weighted by molar-refractivity contribution is 0.144. The van der Waals surface area contributed by atoms with Crippen molar-refractivity contribution in [3.05, 3.63) is 46.8 Å². The van der Waals surface area contributed by atoms with Crippen LogP contribution in [-0.2, 0) is 28.2 Å². The van der Waals surface area contributed by atoms with Crippen molar-refractivity contribution in [2.24, 2.45) is 7.05 Å². The van der Waals surface area contributed by atoms with Crippen molar-refractivity contribution < 1.29 is 17.9 Å². The van der Waals surface area contributed by atoms with Gasteiger partial charge in [-0.1, -0.05) is 20.3 Å². The van der Waals surface area contributed by atoms with E-state index in [4.69, 9.17) is 14.5 Å². The second kappa shape index (κ2) is 12.6. The predicted octanol–water partition coefficient (Wildman–Crippen LogP) is 1.28. The molecule has 1 aliphatic rings. The summed E-state index contributed by atoms with van der Waals surface area (Å²) in [5.41, 5.74) is 1.08. The number of likely N-dealkylation sites (N-methyl/N-ethyl adjacent to an activating group) is 1. The second-order valence-corrected chi connectivity index (χ2v) is 11.8. The Bertz CT molecular complexity index is 1720. The molecule has 224 valence electrons. The highest BCUT2D eigenvalue weighted by Gasteiger charge is 2.30. The number of nitrogens with zero attached hydrogens (tertiary/aromatic N) is 9. The van der Waals surface area contributed by atoms with Gasteiger partial charge in [0.25, 0.3) is 11.5 Å².